The lowest BCUT2D eigenvalue weighted by molar-refractivity contribution is -0.130. The lowest BCUT2D eigenvalue weighted by Crippen LogP contribution is -2.34. The van der Waals surface area contributed by atoms with Crippen molar-refractivity contribution in [1.82, 2.24) is 10.7 Å². The van der Waals surface area contributed by atoms with Crippen molar-refractivity contribution in [2.24, 2.45) is 5.84 Å². The van der Waals surface area contributed by atoms with E-state index in [1.807, 2.05) is 5.43 Å². The molecule has 0 saturated heterocycles. The highest BCUT2D eigenvalue weighted by atomic mass is 16.5. The van der Waals surface area contributed by atoms with E-state index in [1.54, 1.807) is 0 Å². The first-order chi connectivity index (χ1) is 5.20. The van der Waals surface area contributed by atoms with Gasteiger partial charge in [0.05, 0.1) is 0 Å². The molecule has 0 aromatic carbocycles. The fourth-order valence-electron chi connectivity index (χ4n) is 0.350. The van der Waals surface area contributed by atoms with Crippen molar-refractivity contribution in [2.75, 3.05) is 20.3 Å². The van der Waals surface area contributed by atoms with Gasteiger partial charge in [-0.05, 0) is 0 Å². The van der Waals surface area contributed by atoms with Crippen LogP contribution in [-0.4, -0.2) is 32.1 Å². The van der Waals surface area contributed by atoms with Crippen LogP contribution in [0.2, 0.25) is 0 Å². The summed E-state index contributed by atoms with van der Waals surface area (Å²) in [7, 11) is 1.48. The Kier molecular flexibility index (Phi) is 5.05. The molecule has 0 unspecified atom stereocenters. The summed E-state index contributed by atoms with van der Waals surface area (Å²) in [4.78, 5) is 20.9. The molecule has 4 N–H and O–H groups in total. The Morgan fingerprint density at radius 3 is 2.36 bits per heavy atom. The quantitative estimate of drug-likeness (QED) is 0.246. The zero-order valence-corrected chi connectivity index (χ0v) is 6.22. The van der Waals surface area contributed by atoms with Crippen LogP contribution in [0.15, 0.2) is 0 Å². The Morgan fingerprint density at radius 2 is 1.91 bits per heavy atom. The molecule has 6 nitrogen and oxygen atoms in total. The van der Waals surface area contributed by atoms with Crippen LogP contribution in [0.4, 0.5) is 0 Å². The van der Waals surface area contributed by atoms with E-state index >= 15 is 0 Å². The molecule has 0 aromatic heterocycles. The first-order valence-corrected chi connectivity index (χ1v) is 2.98. The summed E-state index contributed by atoms with van der Waals surface area (Å²) in [5.74, 6) is 3.99. The fourth-order valence-corrected chi connectivity index (χ4v) is 0.350. The highest BCUT2D eigenvalue weighted by Gasteiger charge is 2.00. The maximum Gasteiger partial charge on any atom is 0.259 e. The number of nitrogens with two attached hydrogens (primary N) is 1. The third-order valence-electron chi connectivity index (χ3n) is 0.906. The van der Waals surface area contributed by atoms with Gasteiger partial charge in [0.2, 0.25) is 5.91 Å². The van der Waals surface area contributed by atoms with Crippen LogP contribution in [-0.2, 0) is 14.3 Å². The minimum Gasteiger partial charge on any atom is -0.362 e. The summed E-state index contributed by atoms with van der Waals surface area (Å²) < 4.78 is 4.63. The average molecular weight is 161 g/mol. The Balaban J connectivity index is 3.27. The number of likely N-dealkylation sites (N-methyl/N-ethyl adjacent to an activating group) is 1. The second kappa shape index (κ2) is 5.63. The summed E-state index contributed by atoms with van der Waals surface area (Å²) in [6, 6.07) is 0. The van der Waals surface area contributed by atoms with Crippen LogP contribution in [0.5, 0.6) is 0 Å². The first kappa shape index (κ1) is 9.86. The van der Waals surface area contributed by atoms with Crippen molar-refractivity contribution < 1.29 is 14.3 Å². The van der Waals surface area contributed by atoms with Gasteiger partial charge in [-0.25, -0.2) is 5.84 Å². The molecular formula is C5H11N3O3. The summed E-state index contributed by atoms with van der Waals surface area (Å²) in [5.41, 5.74) is 1.86. The van der Waals surface area contributed by atoms with Crippen LogP contribution in [0.1, 0.15) is 0 Å². The molecule has 0 aliphatic carbocycles. The minimum absolute atomic E-state index is 0.135. The molecule has 0 heterocycles. The minimum atomic E-state index is -0.464. The van der Waals surface area contributed by atoms with Gasteiger partial charge >= 0.3 is 0 Å². The maximum absolute atomic E-state index is 10.5. The molecule has 0 fully saturated rings. The lowest BCUT2D eigenvalue weighted by Gasteiger charge is -2.00. The average Bonchev–Trinajstić information content (AvgIpc) is 2.04. The monoisotopic (exact) mass is 161 g/mol. The van der Waals surface area contributed by atoms with Crippen LogP contribution < -0.4 is 16.6 Å². The molecule has 0 saturated carbocycles. The van der Waals surface area contributed by atoms with Gasteiger partial charge in [0.1, 0.15) is 13.2 Å². The third kappa shape index (κ3) is 5.31. The largest absolute Gasteiger partial charge is 0.362 e. The van der Waals surface area contributed by atoms with Gasteiger partial charge in [-0.2, -0.15) is 0 Å². The van der Waals surface area contributed by atoms with E-state index in [-0.39, 0.29) is 19.1 Å². The van der Waals surface area contributed by atoms with Crippen molar-refractivity contribution in [3.05, 3.63) is 0 Å². The highest BCUT2D eigenvalue weighted by molar-refractivity contribution is 5.78. The molecule has 6 heteroatoms. The SMILES string of the molecule is CNC(=O)COCC(=O)NN. The van der Waals surface area contributed by atoms with Crippen LogP contribution in [0.3, 0.4) is 0 Å². The van der Waals surface area contributed by atoms with Gasteiger partial charge in [-0.3, -0.25) is 15.0 Å². The molecule has 0 aliphatic heterocycles. The van der Waals surface area contributed by atoms with Crippen molar-refractivity contribution in [3.63, 3.8) is 0 Å². The standard InChI is InChI=1S/C5H11N3O3/c1-7-4(9)2-11-3-5(10)8-6/h2-3,6H2,1H3,(H,7,9)(H,8,10). The molecule has 0 aliphatic rings. The van der Waals surface area contributed by atoms with Crippen molar-refractivity contribution in [2.45, 2.75) is 0 Å². The topological polar surface area (TPSA) is 93.4 Å². The highest BCUT2D eigenvalue weighted by Crippen LogP contribution is 1.73. The first-order valence-electron chi connectivity index (χ1n) is 2.98. The maximum atomic E-state index is 10.5. The van der Waals surface area contributed by atoms with Crippen molar-refractivity contribution >= 4 is 11.8 Å². The Morgan fingerprint density at radius 1 is 1.36 bits per heavy atom. The van der Waals surface area contributed by atoms with E-state index in [0.717, 1.165) is 0 Å². The molecule has 0 radical (unpaired) electrons. The zero-order chi connectivity index (χ0) is 8.69. The molecular weight excluding hydrogens is 150 g/mol. The van der Waals surface area contributed by atoms with Crippen molar-refractivity contribution in [3.8, 4) is 0 Å². The van der Waals surface area contributed by atoms with Crippen LogP contribution in [0, 0.1) is 0 Å². The van der Waals surface area contributed by atoms with Crippen LogP contribution >= 0.6 is 0 Å². The molecule has 0 bridgehead atoms. The lowest BCUT2D eigenvalue weighted by atomic mass is 10.6. The predicted octanol–water partition coefficient (Wildman–Crippen LogP) is -2.26. The van der Waals surface area contributed by atoms with Gasteiger partial charge in [-0.15, -0.1) is 0 Å². The van der Waals surface area contributed by atoms with Gasteiger partial charge in [0.15, 0.2) is 0 Å². The zero-order valence-electron chi connectivity index (χ0n) is 6.22. The summed E-state index contributed by atoms with van der Waals surface area (Å²) >= 11 is 0. The summed E-state index contributed by atoms with van der Waals surface area (Å²) in [5, 5.41) is 2.33. The number of hydrazine groups is 1. The van der Waals surface area contributed by atoms with Gasteiger partial charge in [0.25, 0.3) is 5.91 Å². The number of amides is 2. The number of carbonyl (C=O) groups excluding carboxylic acids is 2. The number of carbonyl (C=O) groups is 2. The molecule has 11 heavy (non-hydrogen) atoms. The van der Waals surface area contributed by atoms with Gasteiger partial charge in [0, 0.05) is 7.05 Å². The Hall–Kier alpha value is -1.14. The summed E-state index contributed by atoms with van der Waals surface area (Å²) in [6.07, 6.45) is 0. The van der Waals surface area contributed by atoms with E-state index in [4.69, 9.17) is 5.84 Å². The summed E-state index contributed by atoms with van der Waals surface area (Å²) in [6.45, 7) is -0.339. The predicted molar refractivity (Wildman–Crippen MR) is 37.2 cm³/mol. The molecule has 64 valence electrons. The number of hydrogen-bond donors (Lipinski definition) is 3. The van der Waals surface area contributed by atoms with E-state index in [9.17, 15) is 9.59 Å². The Labute approximate surface area is 64.0 Å². The molecule has 0 spiro atoms. The molecule has 2 amide bonds. The second-order valence-corrected chi connectivity index (χ2v) is 1.73. The fraction of sp³-hybridized carbons (Fsp3) is 0.600. The van der Waals surface area contributed by atoms with Gasteiger partial charge < -0.3 is 10.1 Å². The second-order valence-electron chi connectivity index (χ2n) is 1.73. The number of hydrogen-bond acceptors (Lipinski definition) is 4. The van der Waals surface area contributed by atoms with E-state index < -0.39 is 5.91 Å². The normalized spacial score (nSPS) is 8.91. The smallest absolute Gasteiger partial charge is 0.259 e. The van der Waals surface area contributed by atoms with E-state index in [0.29, 0.717) is 0 Å². The molecule has 0 rings (SSSR count). The van der Waals surface area contributed by atoms with E-state index in [1.165, 1.54) is 7.05 Å². The van der Waals surface area contributed by atoms with Gasteiger partial charge in [-0.1, -0.05) is 0 Å². The third-order valence-corrected chi connectivity index (χ3v) is 0.906. The Bertz CT molecular complexity index is 132. The number of ether oxygens (including phenoxy) is 1. The van der Waals surface area contributed by atoms with E-state index in [2.05, 4.69) is 10.1 Å². The van der Waals surface area contributed by atoms with Crippen molar-refractivity contribution in [1.29, 1.82) is 0 Å². The number of nitrogens with one attached hydrogen (secondary N) is 2. The number of rotatable bonds is 4. The molecule has 0 atom stereocenters. The molecule has 0 aromatic rings. The van der Waals surface area contributed by atoms with Crippen LogP contribution in [0.25, 0.3) is 0 Å².